The van der Waals surface area contributed by atoms with E-state index < -0.39 is 0 Å². The Morgan fingerprint density at radius 1 is 0.976 bits per heavy atom. The van der Waals surface area contributed by atoms with Gasteiger partial charge in [0, 0.05) is 24.2 Å². The third-order valence-electron chi connectivity index (χ3n) is 7.56. The molecule has 11 heteroatoms. The van der Waals surface area contributed by atoms with Crippen molar-refractivity contribution in [1.82, 2.24) is 14.7 Å². The number of carbonyl (C=O) groups is 2. The summed E-state index contributed by atoms with van der Waals surface area (Å²) in [5, 5.41) is 4.72. The summed E-state index contributed by atoms with van der Waals surface area (Å²) in [6.45, 7) is 1.84. The van der Waals surface area contributed by atoms with E-state index in [1.165, 1.54) is 28.8 Å². The predicted octanol–water partition coefficient (Wildman–Crippen LogP) is 4.44. The number of halogens is 1. The lowest BCUT2D eigenvalue weighted by Crippen LogP contribution is -2.48. The smallest absolute Gasteiger partial charge is 0.242 e. The van der Waals surface area contributed by atoms with Crippen LogP contribution in [0.25, 0.3) is 16.9 Å². The summed E-state index contributed by atoms with van der Waals surface area (Å²) in [4.78, 5) is 30.7. The van der Waals surface area contributed by atoms with Crippen molar-refractivity contribution in [3.63, 3.8) is 0 Å². The molecular formula is C31H27FN4O5S. The summed E-state index contributed by atoms with van der Waals surface area (Å²) in [7, 11) is 0. The maximum atomic E-state index is 14.0. The van der Waals surface area contributed by atoms with Crippen LogP contribution in [0.5, 0.6) is 11.5 Å². The number of hydrogen-bond acceptors (Lipinski definition) is 7. The van der Waals surface area contributed by atoms with Crippen LogP contribution in [0, 0.1) is 5.82 Å². The van der Waals surface area contributed by atoms with E-state index in [2.05, 4.69) is 0 Å². The molecule has 3 aliphatic heterocycles. The van der Waals surface area contributed by atoms with Crippen molar-refractivity contribution in [3.05, 3.63) is 89.7 Å². The predicted molar refractivity (Wildman–Crippen MR) is 156 cm³/mol. The lowest BCUT2D eigenvalue weighted by Gasteiger charge is -2.30. The Labute approximate surface area is 245 Å². The number of hydrogen-bond donors (Lipinski definition) is 0. The van der Waals surface area contributed by atoms with Gasteiger partial charge in [-0.05, 0) is 42.0 Å². The van der Waals surface area contributed by atoms with E-state index in [-0.39, 0.29) is 42.0 Å². The first-order valence-corrected chi connectivity index (χ1v) is 14.7. The van der Waals surface area contributed by atoms with Gasteiger partial charge in [-0.25, -0.2) is 9.07 Å². The second-order valence-corrected chi connectivity index (χ2v) is 11.2. The Hall–Kier alpha value is -4.35. The Bertz CT molecular complexity index is 1640. The Kier molecular flexibility index (Phi) is 7.04. The Balaban J connectivity index is 1.44. The number of nitrogens with zero attached hydrogens (tertiary/aromatic N) is 4. The molecule has 0 radical (unpaired) electrons. The first-order valence-electron chi connectivity index (χ1n) is 13.7. The highest BCUT2D eigenvalue weighted by atomic mass is 32.2. The zero-order chi connectivity index (χ0) is 28.6. The quantitative estimate of drug-likeness (QED) is 0.342. The molecule has 42 heavy (non-hydrogen) atoms. The molecule has 7 rings (SSSR count). The van der Waals surface area contributed by atoms with Gasteiger partial charge in [-0.15, -0.1) is 11.8 Å². The third kappa shape index (κ3) is 4.88. The number of rotatable bonds is 5. The van der Waals surface area contributed by atoms with Crippen LogP contribution in [0.1, 0.15) is 16.4 Å². The monoisotopic (exact) mass is 586 g/mol. The molecule has 0 bridgehead atoms. The maximum Gasteiger partial charge on any atom is 0.242 e. The van der Waals surface area contributed by atoms with E-state index in [1.54, 1.807) is 21.7 Å². The molecule has 2 amide bonds. The summed E-state index contributed by atoms with van der Waals surface area (Å²) in [5.41, 5.74) is 3.80. The van der Waals surface area contributed by atoms with E-state index in [1.807, 2.05) is 48.5 Å². The van der Waals surface area contributed by atoms with Gasteiger partial charge in [0.05, 0.1) is 35.6 Å². The standard InChI is InChI=1S/C31H27FN4O5S/c32-22-7-9-23(10-8-22)36-31-28(29(33-36)20-4-2-1-3-5-20)30(21-6-11-24-25(16-21)41-19-40-24)42-18-27(38)35(31)17-26(37)34-12-14-39-15-13-34/h1-11,16,30H,12-15,17-19H2/t30-/m0/s1. The van der Waals surface area contributed by atoms with Gasteiger partial charge in [0.1, 0.15) is 18.2 Å². The molecule has 0 N–H and O–H groups in total. The first kappa shape index (κ1) is 26.5. The van der Waals surface area contributed by atoms with Crippen molar-refractivity contribution >= 4 is 29.4 Å². The highest BCUT2D eigenvalue weighted by molar-refractivity contribution is 8.00. The molecule has 0 spiro atoms. The SMILES string of the molecule is O=C(CN1C(=O)CS[C@@H](c2ccc3c(c2)OCO3)c2c(-c3ccccc3)nn(-c3ccc(F)cc3)c21)N1CCOCC1. The largest absolute Gasteiger partial charge is 0.454 e. The van der Waals surface area contributed by atoms with Crippen molar-refractivity contribution in [2.75, 3.05) is 50.3 Å². The molecule has 1 aromatic heterocycles. The molecule has 3 aromatic carbocycles. The molecule has 0 saturated carbocycles. The number of aromatic nitrogens is 2. The molecule has 3 aliphatic rings. The van der Waals surface area contributed by atoms with Crippen LogP contribution in [-0.2, 0) is 14.3 Å². The van der Waals surface area contributed by atoms with Crippen LogP contribution in [0.3, 0.4) is 0 Å². The molecule has 214 valence electrons. The minimum absolute atomic E-state index is 0.141. The van der Waals surface area contributed by atoms with Gasteiger partial charge in [-0.2, -0.15) is 5.10 Å². The van der Waals surface area contributed by atoms with Gasteiger partial charge in [-0.1, -0.05) is 36.4 Å². The fourth-order valence-corrected chi connectivity index (χ4v) is 6.67. The van der Waals surface area contributed by atoms with Crippen LogP contribution in [0.4, 0.5) is 10.2 Å². The van der Waals surface area contributed by atoms with Crippen LogP contribution in [-0.4, -0.2) is 71.9 Å². The molecule has 0 unspecified atom stereocenters. The van der Waals surface area contributed by atoms with Crippen molar-refractivity contribution < 1.29 is 28.2 Å². The van der Waals surface area contributed by atoms with Crippen molar-refractivity contribution in [1.29, 1.82) is 0 Å². The van der Waals surface area contributed by atoms with Gasteiger partial charge in [0.15, 0.2) is 11.5 Å². The fraction of sp³-hybridized carbons (Fsp3) is 0.258. The normalized spacial score (nSPS) is 18.1. The summed E-state index contributed by atoms with van der Waals surface area (Å²) in [6.07, 6.45) is 0. The van der Waals surface area contributed by atoms with E-state index in [0.29, 0.717) is 55.0 Å². The van der Waals surface area contributed by atoms with E-state index in [4.69, 9.17) is 19.3 Å². The molecule has 1 fully saturated rings. The van der Waals surface area contributed by atoms with Gasteiger partial charge < -0.3 is 19.1 Å². The first-order chi connectivity index (χ1) is 20.6. The maximum absolute atomic E-state index is 14.0. The van der Waals surface area contributed by atoms with Crippen molar-refractivity contribution in [2.24, 2.45) is 0 Å². The fourth-order valence-electron chi connectivity index (χ4n) is 5.48. The average Bonchev–Trinajstić information content (AvgIpc) is 3.63. The van der Waals surface area contributed by atoms with Crippen LogP contribution < -0.4 is 14.4 Å². The van der Waals surface area contributed by atoms with Crippen LogP contribution >= 0.6 is 11.8 Å². The molecule has 9 nitrogen and oxygen atoms in total. The van der Waals surface area contributed by atoms with Gasteiger partial charge in [0.2, 0.25) is 18.6 Å². The molecule has 4 heterocycles. The van der Waals surface area contributed by atoms with E-state index >= 15 is 0 Å². The zero-order valence-corrected chi connectivity index (χ0v) is 23.4. The summed E-state index contributed by atoms with van der Waals surface area (Å²) < 4.78 is 32.3. The number of morpholine rings is 1. The number of amides is 2. The molecular weight excluding hydrogens is 559 g/mol. The van der Waals surface area contributed by atoms with Crippen molar-refractivity contribution in [2.45, 2.75) is 5.25 Å². The summed E-state index contributed by atoms with van der Waals surface area (Å²) >= 11 is 1.47. The number of ether oxygens (including phenoxy) is 3. The average molecular weight is 587 g/mol. The lowest BCUT2D eigenvalue weighted by atomic mass is 9.99. The van der Waals surface area contributed by atoms with Gasteiger partial charge in [0.25, 0.3) is 0 Å². The molecule has 1 atom stereocenters. The third-order valence-corrected chi connectivity index (χ3v) is 8.82. The molecule has 1 saturated heterocycles. The zero-order valence-electron chi connectivity index (χ0n) is 22.6. The van der Waals surface area contributed by atoms with Crippen LogP contribution in [0.2, 0.25) is 0 Å². The number of anilines is 1. The second-order valence-electron chi connectivity index (χ2n) is 10.1. The van der Waals surface area contributed by atoms with E-state index in [9.17, 15) is 14.0 Å². The number of fused-ring (bicyclic) bond motifs is 2. The second kappa shape index (κ2) is 11.1. The Morgan fingerprint density at radius 3 is 2.52 bits per heavy atom. The molecule has 0 aliphatic carbocycles. The number of thioether (sulfide) groups is 1. The van der Waals surface area contributed by atoms with Gasteiger partial charge >= 0.3 is 0 Å². The number of benzene rings is 3. The minimum atomic E-state index is -0.385. The van der Waals surface area contributed by atoms with E-state index in [0.717, 1.165) is 16.7 Å². The highest BCUT2D eigenvalue weighted by Crippen LogP contribution is 2.50. The summed E-state index contributed by atoms with van der Waals surface area (Å²) in [6, 6.07) is 21.5. The van der Waals surface area contributed by atoms with Gasteiger partial charge in [-0.3, -0.25) is 14.5 Å². The topological polar surface area (TPSA) is 86.1 Å². The minimum Gasteiger partial charge on any atom is -0.454 e. The number of carbonyl (C=O) groups excluding carboxylic acids is 2. The Morgan fingerprint density at radius 2 is 1.74 bits per heavy atom. The van der Waals surface area contributed by atoms with Crippen LogP contribution in [0.15, 0.2) is 72.8 Å². The highest BCUT2D eigenvalue weighted by Gasteiger charge is 2.38. The summed E-state index contributed by atoms with van der Waals surface area (Å²) in [5.74, 6) is 1.16. The molecule has 4 aromatic rings. The lowest BCUT2D eigenvalue weighted by molar-refractivity contribution is -0.134. The van der Waals surface area contributed by atoms with Crippen molar-refractivity contribution in [3.8, 4) is 28.4 Å².